The van der Waals surface area contributed by atoms with Crippen LogP contribution in [0.5, 0.6) is 0 Å². The van der Waals surface area contributed by atoms with E-state index in [1.165, 1.54) is 10.9 Å². The van der Waals surface area contributed by atoms with Crippen molar-refractivity contribution < 1.29 is 9.53 Å². The van der Waals surface area contributed by atoms with E-state index in [9.17, 15) is 4.79 Å². The van der Waals surface area contributed by atoms with E-state index in [0.717, 1.165) is 13.0 Å². The summed E-state index contributed by atoms with van der Waals surface area (Å²) in [4.78, 5) is 12.1. The van der Waals surface area contributed by atoms with Crippen LogP contribution in [0.3, 0.4) is 0 Å². The molecule has 1 atom stereocenters. The van der Waals surface area contributed by atoms with Crippen LogP contribution in [0, 0.1) is 0 Å². The van der Waals surface area contributed by atoms with E-state index >= 15 is 0 Å². The number of aromatic nitrogens is 5. The van der Waals surface area contributed by atoms with Gasteiger partial charge in [0.1, 0.15) is 12.4 Å². The lowest BCUT2D eigenvalue weighted by atomic mass is 10.3. The van der Waals surface area contributed by atoms with Gasteiger partial charge in [-0.25, -0.2) is 0 Å². The van der Waals surface area contributed by atoms with Crippen LogP contribution in [0.1, 0.15) is 25.2 Å². The zero-order chi connectivity index (χ0) is 15.9. The number of hydrogen-bond acceptors (Lipinski definition) is 5. The molecule has 0 saturated heterocycles. The van der Waals surface area contributed by atoms with Gasteiger partial charge in [0.15, 0.2) is 5.82 Å². The average Bonchev–Trinajstić information content (AvgIpc) is 3.13. The Morgan fingerprint density at radius 2 is 2.36 bits per heavy atom. The minimum Gasteiger partial charge on any atom is -0.385 e. The van der Waals surface area contributed by atoms with Gasteiger partial charge in [-0.15, -0.1) is 10.2 Å². The third kappa shape index (κ3) is 4.28. The fourth-order valence-corrected chi connectivity index (χ4v) is 2.09. The van der Waals surface area contributed by atoms with Gasteiger partial charge in [0.25, 0.3) is 0 Å². The van der Waals surface area contributed by atoms with Crippen LogP contribution in [0.25, 0.3) is 0 Å². The van der Waals surface area contributed by atoms with Gasteiger partial charge in [-0.2, -0.15) is 5.10 Å². The lowest BCUT2D eigenvalue weighted by Gasteiger charge is -2.13. The third-order valence-corrected chi connectivity index (χ3v) is 3.41. The largest absolute Gasteiger partial charge is 0.385 e. The van der Waals surface area contributed by atoms with Crippen LogP contribution in [-0.2, 0) is 22.6 Å². The number of carbonyl (C=O) groups is 1. The van der Waals surface area contributed by atoms with Crippen molar-refractivity contribution in [2.45, 2.75) is 32.5 Å². The molecule has 2 heterocycles. The number of nitrogens with zero attached hydrogens (tertiary/aromatic N) is 5. The highest BCUT2D eigenvalue weighted by atomic mass is 35.5. The van der Waals surface area contributed by atoms with E-state index in [1.54, 1.807) is 26.6 Å². The van der Waals surface area contributed by atoms with Gasteiger partial charge < -0.3 is 14.6 Å². The molecule has 0 radical (unpaired) electrons. The second-order valence-electron chi connectivity index (χ2n) is 4.82. The maximum Gasteiger partial charge on any atom is 0.244 e. The lowest BCUT2D eigenvalue weighted by molar-refractivity contribution is -0.124. The number of halogens is 1. The Kier molecular flexibility index (Phi) is 5.91. The lowest BCUT2D eigenvalue weighted by Crippen LogP contribution is -2.31. The van der Waals surface area contributed by atoms with Gasteiger partial charge in [-0.1, -0.05) is 11.6 Å². The van der Waals surface area contributed by atoms with Gasteiger partial charge in [0.05, 0.1) is 17.8 Å². The molecule has 0 aromatic carbocycles. The van der Waals surface area contributed by atoms with E-state index in [1.807, 2.05) is 4.57 Å². The van der Waals surface area contributed by atoms with Gasteiger partial charge in [-0.3, -0.25) is 9.48 Å². The Labute approximate surface area is 133 Å². The van der Waals surface area contributed by atoms with Crippen molar-refractivity contribution >= 4 is 17.5 Å². The number of aryl methyl sites for hydroxylation is 1. The van der Waals surface area contributed by atoms with Crippen LogP contribution in [0.15, 0.2) is 18.7 Å². The van der Waals surface area contributed by atoms with E-state index in [0.29, 0.717) is 24.0 Å². The zero-order valence-corrected chi connectivity index (χ0v) is 13.3. The Bertz CT molecular complexity index is 611. The number of rotatable bonds is 8. The molecule has 0 bridgehead atoms. The monoisotopic (exact) mass is 326 g/mol. The molecule has 0 aliphatic rings. The highest BCUT2D eigenvalue weighted by molar-refractivity contribution is 6.30. The average molecular weight is 327 g/mol. The normalized spacial score (nSPS) is 12.3. The summed E-state index contributed by atoms with van der Waals surface area (Å²) in [6.07, 6.45) is 5.61. The standard InChI is InChI=1S/C13H19ClN6O2/c1-10(20-8-11(14)6-17-20)13(21)15-7-12-18-16-9-19(12)4-3-5-22-2/h6,8-10H,3-5,7H2,1-2H3,(H,15,21)/t10-/m1/s1. The van der Waals surface area contributed by atoms with E-state index < -0.39 is 6.04 Å². The molecule has 0 aliphatic carbocycles. The van der Waals surface area contributed by atoms with Crippen molar-refractivity contribution in [1.82, 2.24) is 29.9 Å². The van der Waals surface area contributed by atoms with Crippen molar-refractivity contribution in [2.24, 2.45) is 0 Å². The van der Waals surface area contributed by atoms with Gasteiger partial charge >= 0.3 is 0 Å². The summed E-state index contributed by atoms with van der Waals surface area (Å²) in [5.74, 6) is 0.543. The summed E-state index contributed by atoms with van der Waals surface area (Å²) >= 11 is 5.80. The second kappa shape index (κ2) is 7.90. The summed E-state index contributed by atoms with van der Waals surface area (Å²) in [7, 11) is 1.66. The van der Waals surface area contributed by atoms with E-state index in [4.69, 9.17) is 16.3 Å². The zero-order valence-electron chi connectivity index (χ0n) is 12.6. The molecule has 0 spiro atoms. The molecule has 2 aromatic heterocycles. The maximum atomic E-state index is 12.1. The summed E-state index contributed by atoms with van der Waals surface area (Å²) < 4.78 is 8.43. The number of hydrogen-bond donors (Lipinski definition) is 1. The minimum absolute atomic E-state index is 0.161. The highest BCUT2D eigenvalue weighted by Gasteiger charge is 2.16. The summed E-state index contributed by atoms with van der Waals surface area (Å²) in [5, 5.41) is 15.2. The second-order valence-corrected chi connectivity index (χ2v) is 5.26. The molecule has 9 heteroatoms. The van der Waals surface area contributed by atoms with Gasteiger partial charge in [0.2, 0.25) is 5.91 Å². The molecule has 0 aliphatic heterocycles. The summed E-state index contributed by atoms with van der Waals surface area (Å²) in [6, 6.07) is -0.447. The molecule has 2 aromatic rings. The first-order valence-corrected chi connectivity index (χ1v) is 7.32. The molecule has 2 rings (SSSR count). The van der Waals surface area contributed by atoms with E-state index in [-0.39, 0.29) is 5.91 Å². The van der Waals surface area contributed by atoms with Crippen LogP contribution in [-0.4, -0.2) is 44.2 Å². The fourth-order valence-electron chi connectivity index (χ4n) is 1.94. The number of amides is 1. The summed E-state index contributed by atoms with van der Waals surface area (Å²) in [5.41, 5.74) is 0. The number of methoxy groups -OCH3 is 1. The molecular formula is C13H19ClN6O2. The first-order valence-electron chi connectivity index (χ1n) is 6.94. The Balaban J connectivity index is 1.87. The Hall–Kier alpha value is -1.93. The SMILES string of the molecule is COCCCn1cnnc1CNC(=O)[C@@H](C)n1cc(Cl)cn1. The van der Waals surface area contributed by atoms with Crippen molar-refractivity contribution in [2.75, 3.05) is 13.7 Å². The predicted octanol–water partition coefficient (Wildman–Crippen LogP) is 1.04. The molecule has 0 saturated carbocycles. The van der Waals surface area contributed by atoms with E-state index in [2.05, 4.69) is 20.6 Å². The quantitative estimate of drug-likeness (QED) is 0.732. The van der Waals surface area contributed by atoms with Crippen LogP contribution >= 0.6 is 11.6 Å². The first-order chi connectivity index (χ1) is 10.6. The van der Waals surface area contributed by atoms with Crippen molar-refractivity contribution in [1.29, 1.82) is 0 Å². The fraction of sp³-hybridized carbons (Fsp3) is 0.538. The van der Waals surface area contributed by atoms with Crippen LogP contribution in [0.4, 0.5) is 0 Å². The number of nitrogens with one attached hydrogen (secondary N) is 1. The number of carbonyl (C=O) groups excluding carboxylic acids is 1. The molecule has 22 heavy (non-hydrogen) atoms. The summed E-state index contributed by atoms with van der Waals surface area (Å²) in [6.45, 7) is 3.48. The molecular weight excluding hydrogens is 308 g/mol. The molecule has 1 N–H and O–H groups in total. The predicted molar refractivity (Wildman–Crippen MR) is 80.3 cm³/mol. The van der Waals surface area contributed by atoms with Crippen molar-refractivity contribution in [3.05, 3.63) is 29.6 Å². The molecule has 0 fully saturated rings. The van der Waals surface area contributed by atoms with Crippen molar-refractivity contribution in [3.8, 4) is 0 Å². The highest BCUT2D eigenvalue weighted by Crippen LogP contribution is 2.11. The molecule has 0 unspecified atom stereocenters. The Morgan fingerprint density at radius 3 is 3.05 bits per heavy atom. The molecule has 8 nitrogen and oxygen atoms in total. The smallest absolute Gasteiger partial charge is 0.244 e. The maximum absolute atomic E-state index is 12.1. The molecule has 120 valence electrons. The molecule has 1 amide bonds. The van der Waals surface area contributed by atoms with Crippen LogP contribution in [0.2, 0.25) is 5.02 Å². The minimum atomic E-state index is -0.447. The Morgan fingerprint density at radius 1 is 1.55 bits per heavy atom. The topological polar surface area (TPSA) is 86.9 Å². The van der Waals surface area contributed by atoms with Crippen LogP contribution < -0.4 is 5.32 Å². The van der Waals surface area contributed by atoms with Gasteiger partial charge in [-0.05, 0) is 13.3 Å². The third-order valence-electron chi connectivity index (χ3n) is 3.21. The van der Waals surface area contributed by atoms with Gasteiger partial charge in [0, 0.05) is 26.5 Å². The number of ether oxygens (including phenoxy) is 1. The van der Waals surface area contributed by atoms with Crippen molar-refractivity contribution in [3.63, 3.8) is 0 Å². The first kappa shape index (κ1) is 16.4.